The van der Waals surface area contributed by atoms with Crippen molar-refractivity contribution in [3.63, 3.8) is 0 Å². The highest BCUT2D eigenvalue weighted by molar-refractivity contribution is 8.02. The van der Waals surface area contributed by atoms with Gasteiger partial charge in [0.15, 0.2) is 0 Å². The van der Waals surface area contributed by atoms with E-state index in [1.165, 1.54) is 21.6 Å². The third kappa shape index (κ3) is 4.59. The summed E-state index contributed by atoms with van der Waals surface area (Å²) in [6.07, 6.45) is 9.99. The predicted octanol–water partition coefficient (Wildman–Crippen LogP) is 4.40. The summed E-state index contributed by atoms with van der Waals surface area (Å²) in [6.45, 7) is 1.80. The highest BCUT2D eigenvalue weighted by Crippen LogP contribution is 2.24. The van der Waals surface area contributed by atoms with Gasteiger partial charge in [-0.2, -0.15) is 10.4 Å². The maximum atomic E-state index is 9.19. The van der Waals surface area contributed by atoms with Crippen molar-refractivity contribution >= 4 is 11.8 Å². The number of aromatic nitrogens is 2. The van der Waals surface area contributed by atoms with E-state index >= 15 is 0 Å². The fourth-order valence-corrected chi connectivity index (χ4v) is 4.34. The first kappa shape index (κ1) is 20.3. The normalized spacial score (nSPS) is 14.2. The Hall–Kier alpha value is -3.01. The van der Waals surface area contributed by atoms with Crippen LogP contribution in [0.15, 0.2) is 72.0 Å². The molecule has 0 radical (unpaired) electrons. The van der Waals surface area contributed by atoms with E-state index in [2.05, 4.69) is 71.0 Å². The van der Waals surface area contributed by atoms with E-state index in [9.17, 15) is 5.26 Å². The van der Waals surface area contributed by atoms with Crippen LogP contribution in [0.4, 0.5) is 0 Å². The van der Waals surface area contributed by atoms with Gasteiger partial charge in [-0.15, -0.1) is 11.8 Å². The largest absolute Gasteiger partial charge is 0.315 e. The van der Waals surface area contributed by atoms with Gasteiger partial charge in [0.25, 0.3) is 0 Å². The Morgan fingerprint density at radius 1 is 1.23 bits per heavy atom. The van der Waals surface area contributed by atoms with Crippen molar-refractivity contribution in [3.05, 3.63) is 94.3 Å². The molecule has 0 saturated heterocycles. The second kappa shape index (κ2) is 9.21. The Kier molecular flexibility index (Phi) is 6.22. The molecule has 30 heavy (non-hydrogen) atoms. The van der Waals surface area contributed by atoms with Crippen LogP contribution >= 0.6 is 11.8 Å². The van der Waals surface area contributed by atoms with Crippen LogP contribution in [-0.2, 0) is 19.4 Å². The number of thioether (sulfide) groups is 1. The SMILES string of the molecule is CS/C(=C\N(C)N1CCc2ccc(C#N)cc2C1)Cc1cccc(-n2cccn2)c1. The molecule has 3 aromatic rings. The van der Waals surface area contributed by atoms with Gasteiger partial charge in [-0.1, -0.05) is 18.2 Å². The highest BCUT2D eigenvalue weighted by atomic mass is 32.2. The zero-order valence-corrected chi connectivity index (χ0v) is 18.1. The van der Waals surface area contributed by atoms with Crippen LogP contribution in [-0.4, -0.2) is 39.6 Å². The smallest absolute Gasteiger partial charge is 0.0991 e. The minimum Gasteiger partial charge on any atom is -0.315 e. The molecule has 0 aliphatic carbocycles. The fourth-order valence-electron chi connectivity index (χ4n) is 3.77. The molecule has 0 bridgehead atoms. The maximum Gasteiger partial charge on any atom is 0.0991 e. The molecule has 0 N–H and O–H groups in total. The van der Waals surface area contributed by atoms with E-state index in [4.69, 9.17) is 0 Å². The first-order valence-corrected chi connectivity index (χ1v) is 11.2. The average Bonchev–Trinajstić information content (AvgIpc) is 3.33. The lowest BCUT2D eigenvalue weighted by Crippen LogP contribution is -2.40. The monoisotopic (exact) mass is 415 g/mol. The summed E-state index contributed by atoms with van der Waals surface area (Å²) in [5.41, 5.74) is 5.67. The van der Waals surface area contributed by atoms with Gasteiger partial charge in [0, 0.05) is 50.1 Å². The minimum absolute atomic E-state index is 0.732. The molecule has 0 unspecified atom stereocenters. The van der Waals surface area contributed by atoms with Crippen molar-refractivity contribution in [2.75, 3.05) is 19.8 Å². The Morgan fingerprint density at radius 3 is 2.90 bits per heavy atom. The number of hydrogen-bond donors (Lipinski definition) is 0. The molecular formula is C24H25N5S. The lowest BCUT2D eigenvalue weighted by molar-refractivity contribution is 0.0317. The number of hydrogen-bond acceptors (Lipinski definition) is 5. The van der Waals surface area contributed by atoms with E-state index < -0.39 is 0 Å². The summed E-state index contributed by atoms with van der Waals surface area (Å²) >= 11 is 1.78. The van der Waals surface area contributed by atoms with Gasteiger partial charge in [-0.05, 0) is 59.7 Å². The van der Waals surface area contributed by atoms with Crippen LogP contribution in [0.25, 0.3) is 5.69 Å². The van der Waals surface area contributed by atoms with Gasteiger partial charge >= 0.3 is 0 Å². The Morgan fingerprint density at radius 2 is 2.13 bits per heavy atom. The molecule has 6 heteroatoms. The second-order valence-electron chi connectivity index (χ2n) is 7.40. The Balaban J connectivity index is 1.47. The van der Waals surface area contributed by atoms with Crippen LogP contribution in [0.3, 0.4) is 0 Å². The third-order valence-corrected chi connectivity index (χ3v) is 6.20. The zero-order valence-electron chi connectivity index (χ0n) is 17.3. The van der Waals surface area contributed by atoms with Crippen molar-refractivity contribution in [1.82, 2.24) is 19.8 Å². The van der Waals surface area contributed by atoms with Gasteiger partial charge in [-0.3, -0.25) is 0 Å². The van der Waals surface area contributed by atoms with Gasteiger partial charge in [0.1, 0.15) is 0 Å². The first-order valence-electron chi connectivity index (χ1n) is 9.99. The molecule has 0 amide bonds. The van der Waals surface area contributed by atoms with Gasteiger partial charge in [0.2, 0.25) is 0 Å². The third-order valence-electron chi connectivity index (χ3n) is 5.42. The molecule has 1 aliphatic heterocycles. The molecule has 0 spiro atoms. The van der Waals surface area contributed by atoms with E-state index in [1.54, 1.807) is 18.0 Å². The molecule has 0 saturated carbocycles. The topological polar surface area (TPSA) is 48.1 Å². The summed E-state index contributed by atoms with van der Waals surface area (Å²) in [5.74, 6) is 0. The van der Waals surface area contributed by atoms with Gasteiger partial charge in [-0.25, -0.2) is 9.69 Å². The molecule has 5 nitrogen and oxygen atoms in total. The average molecular weight is 416 g/mol. The fraction of sp³-hybridized carbons (Fsp3) is 0.250. The predicted molar refractivity (Wildman–Crippen MR) is 122 cm³/mol. The van der Waals surface area contributed by atoms with Crippen molar-refractivity contribution in [2.45, 2.75) is 19.4 Å². The number of nitrogens with zero attached hydrogens (tertiary/aromatic N) is 5. The number of benzene rings is 2. The van der Waals surface area contributed by atoms with Gasteiger partial charge < -0.3 is 5.01 Å². The van der Waals surface area contributed by atoms with E-state index in [0.29, 0.717) is 0 Å². The molecule has 4 rings (SSSR count). The summed E-state index contributed by atoms with van der Waals surface area (Å²) in [7, 11) is 2.11. The standard InChI is InChI=1S/C24H25N5S/c1-27(28-12-9-21-8-7-20(16-25)13-22(21)17-28)18-24(30-2)15-19-5-3-6-23(14-19)29-11-4-10-26-29/h3-8,10-11,13-14,18H,9,12,15,17H2,1-2H3/b24-18-. The highest BCUT2D eigenvalue weighted by Gasteiger charge is 2.19. The van der Waals surface area contributed by atoms with Crippen LogP contribution in [0.5, 0.6) is 0 Å². The molecule has 0 atom stereocenters. The lowest BCUT2D eigenvalue weighted by atomic mass is 9.98. The molecule has 152 valence electrons. The Bertz CT molecular complexity index is 1080. The van der Waals surface area contributed by atoms with E-state index in [1.807, 2.05) is 29.1 Å². The number of rotatable bonds is 6. The molecule has 2 heterocycles. The molecule has 2 aromatic carbocycles. The van der Waals surface area contributed by atoms with Crippen molar-refractivity contribution in [1.29, 1.82) is 5.26 Å². The summed E-state index contributed by atoms with van der Waals surface area (Å²) in [5, 5.41) is 18.1. The van der Waals surface area contributed by atoms with Crippen LogP contribution < -0.4 is 0 Å². The molecule has 1 aromatic heterocycles. The van der Waals surface area contributed by atoms with E-state index in [0.717, 1.165) is 37.2 Å². The number of nitriles is 1. The number of fused-ring (bicyclic) bond motifs is 1. The minimum atomic E-state index is 0.732. The number of allylic oxidation sites excluding steroid dienone is 1. The molecular weight excluding hydrogens is 390 g/mol. The van der Waals surface area contributed by atoms with Crippen molar-refractivity contribution in [3.8, 4) is 11.8 Å². The van der Waals surface area contributed by atoms with Crippen molar-refractivity contribution in [2.24, 2.45) is 0 Å². The zero-order chi connectivity index (χ0) is 20.9. The molecule has 1 aliphatic rings. The van der Waals surface area contributed by atoms with E-state index in [-0.39, 0.29) is 0 Å². The summed E-state index contributed by atoms with van der Waals surface area (Å²) < 4.78 is 1.89. The summed E-state index contributed by atoms with van der Waals surface area (Å²) in [6, 6.07) is 18.7. The van der Waals surface area contributed by atoms with Crippen molar-refractivity contribution < 1.29 is 0 Å². The lowest BCUT2D eigenvalue weighted by Gasteiger charge is -2.35. The number of hydrazine groups is 1. The van der Waals surface area contributed by atoms with Crippen LogP contribution in [0.1, 0.15) is 22.3 Å². The van der Waals surface area contributed by atoms with Crippen LogP contribution in [0.2, 0.25) is 0 Å². The van der Waals surface area contributed by atoms with Gasteiger partial charge in [0.05, 0.1) is 17.3 Å². The van der Waals surface area contributed by atoms with Crippen LogP contribution in [0, 0.1) is 11.3 Å². The Labute approximate surface area is 182 Å². The molecule has 0 fully saturated rings. The second-order valence-corrected chi connectivity index (χ2v) is 8.34. The maximum absolute atomic E-state index is 9.19. The first-order chi connectivity index (χ1) is 14.7. The summed E-state index contributed by atoms with van der Waals surface area (Å²) in [4.78, 5) is 1.30. The quantitative estimate of drug-likeness (QED) is 0.597.